The zero-order valence-electron chi connectivity index (χ0n) is 10.8. The summed E-state index contributed by atoms with van der Waals surface area (Å²) >= 11 is 1.74. The zero-order chi connectivity index (χ0) is 13.2. The highest BCUT2D eigenvalue weighted by Crippen LogP contribution is 2.32. The first-order valence-electron chi connectivity index (χ1n) is 6.54. The summed E-state index contributed by atoms with van der Waals surface area (Å²) < 4.78 is 12.9. The third kappa shape index (κ3) is 2.67. The lowest BCUT2D eigenvalue weighted by Gasteiger charge is -2.20. The van der Waals surface area contributed by atoms with E-state index in [-0.39, 0.29) is 5.82 Å². The molecule has 1 N–H and O–H groups in total. The van der Waals surface area contributed by atoms with Gasteiger partial charge < -0.3 is 5.32 Å². The molecular formula is C14H16FN3S. The molecule has 2 aromatic heterocycles. The first-order valence-corrected chi connectivity index (χ1v) is 7.35. The van der Waals surface area contributed by atoms with Gasteiger partial charge in [-0.2, -0.15) is 0 Å². The molecule has 0 saturated carbocycles. The number of halogens is 1. The fraction of sp³-hybridized carbons (Fsp3) is 0.429. The molecule has 3 nitrogen and oxygen atoms in total. The van der Waals surface area contributed by atoms with Gasteiger partial charge in [0.05, 0.1) is 16.9 Å². The molecule has 1 aliphatic heterocycles. The van der Waals surface area contributed by atoms with Gasteiger partial charge in [0.2, 0.25) is 0 Å². The number of rotatable bonds is 2. The molecule has 5 heteroatoms. The van der Waals surface area contributed by atoms with Gasteiger partial charge in [-0.05, 0) is 38.4 Å². The summed E-state index contributed by atoms with van der Waals surface area (Å²) in [5.41, 5.74) is 1.65. The highest BCUT2D eigenvalue weighted by atomic mass is 32.1. The van der Waals surface area contributed by atoms with Crippen LogP contribution in [0.4, 0.5) is 4.39 Å². The molecule has 19 heavy (non-hydrogen) atoms. The SMILES string of the molecule is Cc1sc(C2CCCNC2)nc1-c1ccc(F)cn1. The van der Waals surface area contributed by atoms with Gasteiger partial charge in [-0.25, -0.2) is 9.37 Å². The summed E-state index contributed by atoms with van der Waals surface area (Å²) in [5.74, 6) is 0.194. The number of nitrogens with one attached hydrogen (secondary N) is 1. The van der Waals surface area contributed by atoms with Crippen LogP contribution >= 0.6 is 11.3 Å². The van der Waals surface area contributed by atoms with Crippen LogP contribution in [0.1, 0.15) is 28.6 Å². The number of aryl methyl sites for hydroxylation is 1. The highest BCUT2D eigenvalue weighted by molar-refractivity contribution is 7.12. The van der Waals surface area contributed by atoms with Crippen molar-refractivity contribution >= 4 is 11.3 Å². The maximum atomic E-state index is 12.9. The Kier molecular flexibility index (Phi) is 3.57. The summed E-state index contributed by atoms with van der Waals surface area (Å²) in [6.07, 6.45) is 3.64. The topological polar surface area (TPSA) is 37.8 Å². The molecule has 0 aromatic carbocycles. The standard InChI is InChI=1S/C14H16FN3S/c1-9-13(12-5-4-11(15)8-17-12)18-14(19-9)10-3-2-6-16-7-10/h4-5,8,10,16H,2-3,6-7H2,1H3. The average molecular weight is 277 g/mol. The van der Waals surface area contributed by atoms with E-state index in [4.69, 9.17) is 4.98 Å². The normalized spacial score (nSPS) is 19.6. The van der Waals surface area contributed by atoms with Crippen molar-refractivity contribution in [3.63, 3.8) is 0 Å². The minimum absolute atomic E-state index is 0.312. The lowest BCUT2D eigenvalue weighted by atomic mass is 10.0. The molecule has 0 radical (unpaired) electrons. The molecule has 3 rings (SSSR count). The average Bonchev–Trinajstić information content (AvgIpc) is 2.83. The largest absolute Gasteiger partial charge is 0.316 e. The van der Waals surface area contributed by atoms with Gasteiger partial charge in [-0.1, -0.05) is 0 Å². The van der Waals surface area contributed by atoms with Crippen LogP contribution in [0.25, 0.3) is 11.4 Å². The first-order chi connectivity index (χ1) is 9.24. The number of thiazole rings is 1. The number of hydrogen-bond donors (Lipinski definition) is 1. The van der Waals surface area contributed by atoms with E-state index in [0.29, 0.717) is 5.92 Å². The number of aromatic nitrogens is 2. The summed E-state index contributed by atoms with van der Waals surface area (Å²) in [5, 5.41) is 4.58. The van der Waals surface area contributed by atoms with Crippen molar-refractivity contribution in [1.29, 1.82) is 0 Å². The fourth-order valence-electron chi connectivity index (χ4n) is 2.41. The van der Waals surface area contributed by atoms with E-state index < -0.39 is 0 Å². The van der Waals surface area contributed by atoms with Crippen LogP contribution in [0, 0.1) is 12.7 Å². The van der Waals surface area contributed by atoms with Crippen molar-refractivity contribution in [2.24, 2.45) is 0 Å². The van der Waals surface area contributed by atoms with Gasteiger partial charge in [-0.15, -0.1) is 11.3 Å². The van der Waals surface area contributed by atoms with Crippen LogP contribution in [0.3, 0.4) is 0 Å². The number of nitrogens with zero attached hydrogens (tertiary/aromatic N) is 2. The van der Waals surface area contributed by atoms with E-state index in [1.165, 1.54) is 30.1 Å². The van der Waals surface area contributed by atoms with Crippen molar-refractivity contribution in [3.8, 4) is 11.4 Å². The van der Waals surface area contributed by atoms with Gasteiger partial charge in [0.15, 0.2) is 0 Å². The van der Waals surface area contributed by atoms with Crippen molar-refractivity contribution < 1.29 is 4.39 Å². The second-order valence-corrected chi connectivity index (χ2v) is 6.10. The Balaban J connectivity index is 1.90. The Labute approximate surface area is 115 Å². The smallest absolute Gasteiger partial charge is 0.141 e. The monoisotopic (exact) mass is 277 g/mol. The van der Waals surface area contributed by atoms with Gasteiger partial charge in [0.1, 0.15) is 11.5 Å². The van der Waals surface area contributed by atoms with Crippen LogP contribution in [0.5, 0.6) is 0 Å². The predicted octanol–water partition coefficient (Wildman–Crippen LogP) is 3.12. The Hall–Kier alpha value is -1.33. The summed E-state index contributed by atoms with van der Waals surface area (Å²) in [6.45, 7) is 4.16. The summed E-state index contributed by atoms with van der Waals surface area (Å²) in [4.78, 5) is 10.0. The predicted molar refractivity (Wildman–Crippen MR) is 74.9 cm³/mol. The Morgan fingerprint density at radius 2 is 2.32 bits per heavy atom. The Morgan fingerprint density at radius 1 is 1.42 bits per heavy atom. The van der Waals surface area contributed by atoms with Crippen LogP contribution in [0.15, 0.2) is 18.3 Å². The van der Waals surface area contributed by atoms with Crippen LogP contribution in [0.2, 0.25) is 0 Å². The number of pyridine rings is 1. The molecule has 100 valence electrons. The molecule has 1 atom stereocenters. The van der Waals surface area contributed by atoms with Gasteiger partial charge in [0.25, 0.3) is 0 Å². The Bertz CT molecular complexity index is 559. The third-order valence-electron chi connectivity index (χ3n) is 3.43. The van der Waals surface area contributed by atoms with Crippen molar-refractivity contribution in [2.75, 3.05) is 13.1 Å². The van der Waals surface area contributed by atoms with Crippen LogP contribution in [-0.4, -0.2) is 23.1 Å². The minimum Gasteiger partial charge on any atom is -0.316 e. The quantitative estimate of drug-likeness (QED) is 0.916. The van der Waals surface area contributed by atoms with Crippen LogP contribution in [-0.2, 0) is 0 Å². The molecular weight excluding hydrogens is 261 g/mol. The maximum absolute atomic E-state index is 12.9. The van der Waals surface area contributed by atoms with E-state index in [1.54, 1.807) is 17.4 Å². The van der Waals surface area contributed by atoms with E-state index in [0.717, 1.165) is 29.4 Å². The summed E-state index contributed by atoms with van der Waals surface area (Å²) in [7, 11) is 0. The number of piperidine rings is 1. The van der Waals surface area contributed by atoms with E-state index in [9.17, 15) is 4.39 Å². The summed E-state index contributed by atoms with van der Waals surface area (Å²) in [6, 6.07) is 3.13. The van der Waals surface area contributed by atoms with E-state index in [2.05, 4.69) is 17.2 Å². The molecule has 1 aliphatic rings. The van der Waals surface area contributed by atoms with Crippen LogP contribution < -0.4 is 5.32 Å². The lowest BCUT2D eigenvalue weighted by Crippen LogP contribution is -2.28. The zero-order valence-corrected chi connectivity index (χ0v) is 11.6. The molecule has 0 amide bonds. The van der Waals surface area contributed by atoms with Crippen molar-refractivity contribution in [1.82, 2.24) is 15.3 Å². The van der Waals surface area contributed by atoms with Gasteiger partial charge in [0, 0.05) is 17.3 Å². The number of hydrogen-bond acceptors (Lipinski definition) is 4. The van der Waals surface area contributed by atoms with Gasteiger partial charge >= 0.3 is 0 Å². The molecule has 2 aromatic rings. The molecule has 0 spiro atoms. The molecule has 0 aliphatic carbocycles. The third-order valence-corrected chi connectivity index (χ3v) is 4.56. The fourth-order valence-corrected chi connectivity index (χ4v) is 3.47. The molecule has 0 bridgehead atoms. The minimum atomic E-state index is -0.312. The Morgan fingerprint density at radius 3 is 3.00 bits per heavy atom. The highest BCUT2D eigenvalue weighted by Gasteiger charge is 2.20. The lowest BCUT2D eigenvalue weighted by molar-refractivity contribution is 0.460. The van der Waals surface area contributed by atoms with E-state index >= 15 is 0 Å². The van der Waals surface area contributed by atoms with E-state index in [1.807, 2.05) is 0 Å². The maximum Gasteiger partial charge on any atom is 0.141 e. The second kappa shape index (κ2) is 5.35. The van der Waals surface area contributed by atoms with Crippen molar-refractivity contribution in [3.05, 3.63) is 34.0 Å². The second-order valence-electron chi connectivity index (χ2n) is 4.86. The van der Waals surface area contributed by atoms with Gasteiger partial charge in [-0.3, -0.25) is 4.98 Å². The molecule has 1 unspecified atom stereocenters. The molecule has 1 fully saturated rings. The first kappa shape index (κ1) is 12.7. The molecule has 1 saturated heterocycles. The molecule has 3 heterocycles. The van der Waals surface area contributed by atoms with Crippen molar-refractivity contribution in [2.45, 2.75) is 25.7 Å².